The summed E-state index contributed by atoms with van der Waals surface area (Å²) in [5.74, 6) is -1.18. The molecule has 100 valence electrons. The minimum absolute atomic E-state index is 0.110. The predicted octanol–water partition coefficient (Wildman–Crippen LogP) is 3.38. The minimum atomic E-state index is -0.904. The van der Waals surface area contributed by atoms with Gasteiger partial charge in [-0.25, -0.2) is 8.78 Å². The van der Waals surface area contributed by atoms with Gasteiger partial charge in [0.2, 0.25) is 0 Å². The molecule has 19 heavy (non-hydrogen) atoms. The lowest BCUT2D eigenvalue weighted by Crippen LogP contribution is -2.07. The number of aromatic nitrogens is 2. The molecular formula is C14H15F2N3. The molecule has 1 fully saturated rings. The SMILES string of the molecule is CC(C1CC1)n1cc(N)c(-c2cccc(F)c2F)n1. The maximum absolute atomic E-state index is 13.8. The molecular weight excluding hydrogens is 248 g/mol. The summed E-state index contributed by atoms with van der Waals surface area (Å²) in [5.41, 5.74) is 6.67. The van der Waals surface area contributed by atoms with Crippen LogP contribution in [0.4, 0.5) is 14.5 Å². The molecule has 5 heteroatoms. The topological polar surface area (TPSA) is 43.8 Å². The van der Waals surface area contributed by atoms with E-state index in [1.165, 1.54) is 25.0 Å². The Balaban J connectivity index is 2.03. The summed E-state index contributed by atoms with van der Waals surface area (Å²) in [6.07, 6.45) is 4.07. The fraction of sp³-hybridized carbons (Fsp3) is 0.357. The predicted molar refractivity (Wildman–Crippen MR) is 69.4 cm³/mol. The molecule has 3 nitrogen and oxygen atoms in total. The van der Waals surface area contributed by atoms with Crippen molar-refractivity contribution >= 4 is 5.69 Å². The zero-order valence-corrected chi connectivity index (χ0v) is 10.6. The molecule has 1 unspecified atom stereocenters. The van der Waals surface area contributed by atoms with E-state index < -0.39 is 11.6 Å². The van der Waals surface area contributed by atoms with Crippen LogP contribution in [0.1, 0.15) is 25.8 Å². The van der Waals surface area contributed by atoms with Crippen LogP contribution in [0, 0.1) is 17.6 Å². The summed E-state index contributed by atoms with van der Waals surface area (Å²) < 4.78 is 28.8. The number of hydrogen-bond donors (Lipinski definition) is 1. The van der Waals surface area contributed by atoms with Gasteiger partial charge in [0.15, 0.2) is 11.6 Å². The van der Waals surface area contributed by atoms with Gasteiger partial charge in [0.1, 0.15) is 5.69 Å². The first-order valence-electron chi connectivity index (χ1n) is 6.37. The number of rotatable bonds is 3. The molecule has 0 bridgehead atoms. The van der Waals surface area contributed by atoms with Gasteiger partial charge >= 0.3 is 0 Å². The minimum Gasteiger partial charge on any atom is -0.396 e. The summed E-state index contributed by atoms with van der Waals surface area (Å²) in [6.45, 7) is 2.07. The van der Waals surface area contributed by atoms with Crippen LogP contribution in [0.25, 0.3) is 11.3 Å². The fourth-order valence-electron chi connectivity index (χ4n) is 2.31. The van der Waals surface area contributed by atoms with E-state index in [1.54, 1.807) is 10.9 Å². The van der Waals surface area contributed by atoms with Crippen molar-refractivity contribution in [1.29, 1.82) is 0 Å². The van der Waals surface area contributed by atoms with Crippen molar-refractivity contribution in [2.24, 2.45) is 5.92 Å². The van der Waals surface area contributed by atoms with Crippen molar-refractivity contribution in [1.82, 2.24) is 9.78 Å². The van der Waals surface area contributed by atoms with Crippen molar-refractivity contribution in [3.63, 3.8) is 0 Å². The average Bonchev–Trinajstić information content (AvgIpc) is 3.16. The highest BCUT2D eigenvalue weighted by Crippen LogP contribution is 2.40. The molecule has 1 aromatic heterocycles. The van der Waals surface area contributed by atoms with E-state index in [-0.39, 0.29) is 11.6 Å². The Bertz CT molecular complexity index is 617. The van der Waals surface area contributed by atoms with Gasteiger partial charge in [-0.15, -0.1) is 0 Å². The first-order chi connectivity index (χ1) is 9.08. The lowest BCUT2D eigenvalue weighted by molar-refractivity contribution is 0.441. The van der Waals surface area contributed by atoms with Gasteiger partial charge < -0.3 is 5.73 Å². The van der Waals surface area contributed by atoms with Crippen LogP contribution in [0.2, 0.25) is 0 Å². The van der Waals surface area contributed by atoms with Gasteiger partial charge in [-0.2, -0.15) is 5.10 Å². The van der Waals surface area contributed by atoms with Crippen molar-refractivity contribution in [3.05, 3.63) is 36.0 Å². The Morgan fingerprint density at radius 2 is 2.11 bits per heavy atom. The zero-order chi connectivity index (χ0) is 13.6. The first kappa shape index (κ1) is 12.1. The number of hydrogen-bond acceptors (Lipinski definition) is 2. The van der Waals surface area contributed by atoms with E-state index >= 15 is 0 Å². The van der Waals surface area contributed by atoms with Crippen molar-refractivity contribution in [3.8, 4) is 11.3 Å². The van der Waals surface area contributed by atoms with Crippen LogP contribution >= 0.6 is 0 Å². The van der Waals surface area contributed by atoms with Gasteiger partial charge in [0.05, 0.1) is 11.7 Å². The molecule has 0 spiro atoms. The second-order valence-electron chi connectivity index (χ2n) is 5.09. The number of benzene rings is 1. The van der Waals surface area contributed by atoms with Gasteiger partial charge in [0, 0.05) is 11.8 Å². The third-order valence-electron chi connectivity index (χ3n) is 3.69. The molecule has 1 aromatic carbocycles. The molecule has 0 aliphatic heterocycles. The van der Waals surface area contributed by atoms with Crippen LogP contribution in [-0.4, -0.2) is 9.78 Å². The normalized spacial score (nSPS) is 16.6. The fourth-order valence-corrected chi connectivity index (χ4v) is 2.31. The van der Waals surface area contributed by atoms with Crippen LogP contribution in [0.3, 0.4) is 0 Å². The zero-order valence-electron chi connectivity index (χ0n) is 10.6. The number of halogens is 2. The molecule has 1 saturated carbocycles. The maximum atomic E-state index is 13.8. The van der Waals surface area contributed by atoms with E-state index in [0.29, 0.717) is 17.3 Å². The van der Waals surface area contributed by atoms with E-state index in [0.717, 1.165) is 6.07 Å². The van der Waals surface area contributed by atoms with Gasteiger partial charge in [-0.1, -0.05) is 6.07 Å². The first-order valence-corrected chi connectivity index (χ1v) is 6.37. The van der Waals surface area contributed by atoms with Crippen LogP contribution in [0.15, 0.2) is 24.4 Å². The number of nitrogen functional groups attached to an aromatic ring is 1. The second kappa shape index (κ2) is 4.33. The number of nitrogens with two attached hydrogens (primary N) is 1. The average molecular weight is 263 g/mol. The van der Waals surface area contributed by atoms with Crippen LogP contribution in [-0.2, 0) is 0 Å². The van der Waals surface area contributed by atoms with Crippen molar-refractivity contribution < 1.29 is 8.78 Å². The van der Waals surface area contributed by atoms with Crippen LogP contribution < -0.4 is 5.73 Å². The van der Waals surface area contributed by atoms with Crippen molar-refractivity contribution in [2.75, 3.05) is 5.73 Å². The monoisotopic (exact) mass is 263 g/mol. The molecule has 1 aliphatic carbocycles. The molecule has 1 atom stereocenters. The highest BCUT2D eigenvalue weighted by molar-refractivity contribution is 5.72. The van der Waals surface area contributed by atoms with E-state index in [4.69, 9.17) is 5.73 Å². The lowest BCUT2D eigenvalue weighted by Gasteiger charge is -2.09. The lowest BCUT2D eigenvalue weighted by atomic mass is 10.1. The smallest absolute Gasteiger partial charge is 0.168 e. The summed E-state index contributed by atoms with van der Waals surface area (Å²) in [4.78, 5) is 0. The van der Waals surface area contributed by atoms with E-state index in [2.05, 4.69) is 12.0 Å². The third-order valence-corrected chi connectivity index (χ3v) is 3.69. The molecule has 1 heterocycles. The Morgan fingerprint density at radius 3 is 2.79 bits per heavy atom. The summed E-state index contributed by atoms with van der Waals surface area (Å²) in [6, 6.07) is 4.27. The molecule has 2 N–H and O–H groups in total. The molecule has 0 radical (unpaired) electrons. The molecule has 2 aromatic rings. The maximum Gasteiger partial charge on any atom is 0.168 e. The Labute approximate surface area is 110 Å². The molecule has 0 saturated heterocycles. The highest BCUT2D eigenvalue weighted by atomic mass is 19.2. The highest BCUT2D eigenvalue weighted by Gasteiger charge is 2.30. The van der Waals surface area contributed by atoms with Gasteiger partial charge in [0.25, 0.3) is 0 Å². The van der Waals surface area contributed by atoms with E-state index in [9.17, 15) is 8.78 Å². The summed E-state index contributed by atoms with van der Waals surface area (Å²) in [5, 5.41) is 4.33. The largest absolute Gasteiger partial charge is 0.396 e. The Kier molecular flexibility index (Phi) is 2.77. The van der Waals surface area contributed by atoms with Gasteiger partial charge in [-0.3, -0.25) is 4.68 Å². The summed E-state index contributed by atoms with van der Waals surface area (Å²) >= 11 is 0. The molecule has 3 rings (SSSR count). The molecule has 0 amide bonds. The third kappa shape index (κ3) is 2.09. The van der Waals surface area contributed by atoms with Crippen molar-refractivity contribution in [2.45, 2.75) is 25.8 Å². The standard InChI is InChI=1S/C14H15F2N3/c1-8(9-5-6-9)19-7-12(17)14(18-19)10-3-2-4-11(15)13(10)16/h2-4,7-9H,5-6,17H2,1H3. The van der Waals surface area contributed by atoms with E-state index in [1.807, 2.05) is 0 Å². The Hall–Kier alpha value is -1.91. The summed E-state index contributed by atoms with van der Waals surface area (Å²) in [7, 11) is 0. The number of nitrogens with zero attached hydrogens (tertiary/aromatic N) is 2. The second-order valence-corrected chi connectivity index (χ2v) is 5.09. The molecule has 1 aliphatic rings. The van der Waals surface area contributed by atoms with Crippen LogP contribution in [0.5, 0.6) is 0 Å². The quantitative estimate of drug-likeness (QED) is 0.922. The van der Waals surface area contributed by atoms with Gasteiger partial charge in [-0.05, 0) is 37.8 Å². The number of anilines is 1. The Morgan fingerprint density at radius 1 is 1.37 bits per heavy atom.